The zero-order chi connectivity index (χ0) is 18.9. The van der Waals surface area contributed by atoms with Crippen LogP contribution in [0.2, 0.25) is 0 Å². The number of carboxylic acids is 1. The summed E-state index contributed by atoms with van der Waals surface area (Å²) in [6.45, 7) is -0.107. The third-order valence-corrected chi connectivity index (χ3v) is 3.84. The first kappa shape index (κ1) is 17.6. The molecule has 0 bridgehead atoms. The fraction of sp³-hybridized carbons (Fsp3) is 0.105. The van der Waals surface area contributed by atoms with Gasteiger partial charge in [-0.3, -0.25) is 0 Å². The van der Waals surface area contributed by atoms with Crippen LogP contribution in [-0.2, 0) is 12.8 Å². The summed E-state index contributed by atoms with van der Waals surface area (Å²) in [6.07, 6.45) is -4.44. The number of halogens is 3. The van der Waals surface area contributed by atoms with Crippen LogP contribution in [0.3, 0.4) is 0 Å². The summed E-state index contributed by atoms with van der Waals surface area (Å²) in [7, 11) is 0. The highest BCUT2D eigenvalue weighted by Gasteiger charge is 2.30. The van der Waals surface area contributed by atoms with Crippen molar-refractivity contribution in [3.8, 4) is 11.5 Å². The van der Waals surface area contributed by atoms with Gasteiger partial charge in [-0.25, -0.2) is 4.79 Å². The van der Waals surface area contributed by atoms with Gasteiger partial charge in [-0.2, -0.15) is 13.2 Å². The van der Waals surface area contributed by atoms with E-state index >= 15 is 0 Å². The van der Waals surface area contributed by atoms with E-state index < -0.39 is 23.5 Å². The van der Waals surface area contributed by atoms with Gasteiger partial charge in [0.25, 0.3) is 0 Å². The van der Waals surface area contributed by atoms with Gasteiger partial charge in [-0.1, -0.05) is 24.3 Å². The summed E-state index contributed by atoms with van der Waals surface area (Å²) in [5.74, 6) is -1.35. The van der Waals surface area contributed by atoms with Crippen molar-refractivity contribution in [3.05, 3.63) is 71.3 Å². The molecule has 0 atom stereocenters. The molecule has 0 heterocycles. The molecule has 3 aromatic carbocycles. The lowest BCUT2D eigenvalue weighted by atomic mass is 10.0. The number of rotatable bonds is 4. The number of alkyl halides is 3. The van der Waals surface area contributed by atoms with Gasteiger partial charge in [0, 0.05) is 5.39 Å². The quantitative estimate of drug-likeness (QED) is 0.697. The van der Waals surface area contributed by atoms with Gasteiger partial charge in [0.15, 0.2) is 0 Å². The molecule has 0 fully saturated rings. The number of aromatic hydroxyl groups is 1. The van der Waals surface area contributed by atoms with Crippen molar-refractivity contribution in [2.24, 2.45) is 0 Å². The Balaban J connectivity index is 1.90. The number of carboxylic acid groups (broad SMARTS) is 1. The Bertz CT molecular complexity index is 980. The maximum atomic E-state index is 12.8. The van der Waals surface area contributed by atoms with Crippen LogP contribution in [0.4, 0.5) is 13.2 Å². The average molecular weight is 362 g/mol. The summed E-state index contributed by atoms with van der Waals surface area (Å²) >= 11 is 0. The van der Waals surface area contributed by atoms with E-state index in [1.807, 2.05) is 0 Å². The minimum atomic E-state index is -4.44. The number of hydrogen-bond donors (Lipinski definition) is 2. The highest BCUT2D eigenvalue weighted by Crippen LogP contribution is 2.33. The van der Waals surface area contributed by atoms with Crippen LogP contribution in [-0.4, -0.2) is 16.2 Å². The first-order valence-electron chi connectivity index (χ1n) is 7.53. The molecule has 0 aromatic heterocycles. The van der Waals surface area contributed by atoms with Crippen LogP contribution in [0.1, 0.15) is 21.5 Å². The van der Waals surface area contributed by atoms with Crippen LogP contribution >= 0.6 is 0 Å². The Labute approximate surface area is 146 Å². The standard InChI is InChI=1S/C19H13F3O4/c20-19(21,22)13-5-1-3-11(7-13)10-26-17-6-2-4-12-8-15(18(24)25)16(23)9-14(12)17/h1-9,23H,10H2,(H,24,25). The third kappa shape index (κ3) is 3.56. The van der Waals surface area contributed by atoms with E-state index in [2.05, 4.69) is 0 Å². The Hall–Kier alpha value is -3.22. The fourth-order valence-electron chi connectivity index (χ4n) is 2.58. The minimum Gasteiger partial charge on any atom is -0.507 e. The van der Waals surface area contributed by atoms with Crippen LogP contribution in [0.25, 0.3) is 10.8 Å². The van der Waals surface area contributed by atoms with Crippen molar-refractivity contribution in [1.82, 2.24) is 0 Å². The molecule has 134 valence electrons. The van der Waals surface area contributed by atoms with Crippen LogP contribution < -0.4 is 4.74 Å². The summed E-state index contributed by atoms with van der Waals surface area (Å²) in [4.78, 5) is 11.1. The summed E-state index contributed by atoms with van der Waals surface area (Å²) < 4.78 is 43.9. The molecule has 0 spiro atoms. The summed E-state index contributed by atoms with van der Waals surface area (Å²) in [5, 5.41) is 19.9. The molecule has 0 aliphatic carbocycles. The first-order chi connectivity index (χ1) is 12.3. The molecule has 4 nitrogen and oxygen atoms in total. The predicted octanol–water partition coefficient (Wildman–Crippen LogP) is 4.84. The molecule has 0 unspecified atom stereocenters. The number of phenols is 1. The number of hydrogen-bond acceptors (Lipinski definition) is 3. The van der Waals surface area contributed by atoms with Gasteiger partial charge in [0.05, 0.1) is 5.56 Å². The molecule has 0 aliphatic rings. The Morgan fingerprint density at radius 1 is 1.04 bits per heavy atom. The zero-order valence-corrected chi connectivity index (χ0v) is 13.2. The molecule has 0 saturated heterocycles. The SMILES string of the molecule is O=C(O)c1cc2cccc(OCc3cccc(C(F)(F)F)c3)c2cc1O. The van der Waals surface area contributed by atoms with E-state index in [0.29, 0.717) is 22.1 Å². The molecule has 0 radical (unpaired) electrons. The molecule has 7 heteroatoms. The molecule has 2 N–H and O–H groups in total. The fourth-order valence-corrected chi connectivity index (χ4v) is 2.58. The number of ether oxygens (including phenoxy) is 1. The van der Waals surface area contributed by atoms with E-state index in [1.54, 1.807) is 18.2 Å². The molecular formula is C19H13F3O4. The minimum absolute atomic E-state index is 0.107. The number of aromatic carboxylic acids is 1. The average Bonchev–Trinajstić information content (AvgIpc) is 2.58. The van der Waals surface area contributed by atoms with E-state index in [-0.39, 0.29) is 12.2 Å². The van der Waals surface area contributed by atoms with Crippen molar-refractivity contribution >= 4 is 16.7 Å². The third-order valence-electron chi connectivity index (χ3n) is 3.84. The van der Waals surface area contributed by atoms with Crippen molar-refractivity contribution in [3.63, 3.8) is 0 Å². The molecule has 0 saturated carbocycles. The second kappa shape index (κ2) is 6.59. The largest absolute Gasteiger partial charge is 0.507 e. The molecule has 26 heavy (non-hydrogen) atoms. The van der Waals surface area contributed by atoms with E-state index in [4.69, 9.17) is 9.84 Å². The zero-order valence-electron chi connectivity index (χ0n) is 13.2. The second-order valence-corrected chi connectivity index (χ2v) is 5.64. The number of benzene rings is 3. The molecule has 3 aromatic rings. The van der Waals surface area contributed by atoms with E-state index in [0.717, 1.165) is 12.1 Å². The maximum Gasteiger partial charge on any atom is 0.416 e. The van der Waals surface area contributed by atoms with Gasteiger partial charge < -0.3 is 14.9 Å². The highest BCUT2D eigenvalue weighted by molar-refractivity contribution is 5.99. The summed E-state index contributed by atoms with van der Waals surface area (Å²) in [5.41, 5.74) is -0.670. The van der Waals surface area contributed by atoms with Crippen LogP contribution in [0.15, 0.2) is 54.6 Å². The molecular weight excluding hydrogens is 349 g/mol. The van der Waals surface area contributed by atoms with Gasteiger partial charge in [0.1, 0.15) is 23.7 Å². The van der Waals surface area contributed by atoms with Crippen LogP contribution in [0, 0.1) is 0 Å². The molecule has 0 amide bonds. The first-order valence-corrected chi connectivity index (χ1v) is 7.53. The van der Waals surface area contributed by atoms with Gasteiger partial charge in [0.2, 0.25) is 0 Å². The Morgan fingerprint density at radius 3 is 2.46 bits per heavy atom. The lowest BCUT2D eigenvalue weighted by molar-refractivity contribution is -0.137. The number of fused-ring (bicyclic) bond motifs is 1. The predicted molar refractivity (Wildman–Crippen MR) is 88.3 cm³/mol. The molecule has 3 rings (SSSR count). The smallest absolute Gasteiger partial charge is 0.416 e. The highest BCUT2D eigenvalue weighted by atomic mass is 19.4. The monoisotopic (exact) mass is 362 g/mol. The van der Waals surface area contributed by atoms with Crippen molar-refractivity contribution in [2.45, 2.75) is 12.8 Å². The second-order valence-electron chi connectivity index (χ2n) is 5.64. The lowest BCUT2D eigenvalue weighted by Crippen LogP contribution is -2.06. The van der Waals surface area contributed by atoms with Crippen molar-refractivity contribution < 1.29 is 32.9 Å². The van der Waals surface area contributed by atoms with E-state index in [9.17, 15) is 23.1 Å². The normalized spacial score (nSPS) is 11.5. The topological polar surface area (TPSA) is 66.8 Å². The Kier molecular flexibility index (Phi) is 4.46. The summed E-state index contributed by atoms with van der Waals surface area (Å²) in [6, 6.07) is 12.2. The van der Waals surface area contributed by atoms with E-state index in [1.165, 1.54) is 24.3 Å². The lowest BCUT2D eigenvalue weighted by Gasteiger charge is -2.12. The van der Waals surface area contributed by atoms with Gasteiger partial charge in [-0.15, -0.1) is 0 Å². The maximum absolute atomic E-state index is 12.8. The molecule has 0 aliphatic heterocycles. The van der Waals surface area contributed by atoms with Gasteiger partial charge in [-0.05, 0) is 41.3 Å². The van der Waals surface area contributed by atoms with Crippen molar-refractivity contribution in [2.75, 3.05) is 0 Å². The van der Waals surface area contributed by atoms with Crippen LogP contribution in [0.5, 0.6) is 11.5 Å². The number of carbonyl (C=O) groups is 1. The van der Waals surface area contributed by atoms with Crippen molar-refractivity contribution in [1.29, 1.82) is 0 Å². The van der Waals surface area contributed by atoms with Gasteiger partial charge >= 0.3 is 12.1 Å². The Morgan fingerprint density at radius 2 is 1.77 bits per heavy atom.